The number of rotatable bonds is 9. The average Bonchev–Trinajstić information content (AvgIpc) is 2.61. The van der Waals surface area contributed by atoms with Crippen LogP contribution in [0.3, 0.4) is 0 Å². The van der Waals surface area contributed by atoms with Gasteiger partial charge >= 0.3 is 5.97 Å². The van der Waals surface area contributed by atoms with E-state index in [-0.39, 0.29) is 0 Å². The molecule has 0 bridgehead atoms. The third-order valence-corrected chi connectivity index (χ3v) is 4.62. The Morgan fingerprint density at radius 2 is 1.81 bits per heavy atom. The van der Waals surface area contributed by atoms with Crippen molar-refractivity contribution in [2.45, 2.75) is 39.2 Å². The second kappa shape index (κ2) is 10.3. The Balaban J connectivity index is 2.68. The zero-order valence-electron chi connectivity index (χ0n) is 14.8. The highest BCUT2D eigenvalue weighted by Gasteiger charge is 2.29. The Kier molecular flexibility index (Phi) is 8.75. The van der Waals surface area contributed by atoms with Crippen molar-refractivity contribution >= 4 is 46.6 Å². The van der Waals surface area contributed by atoms with Gasteiger partial charge < -0.3 is 10.1 Å². The number of ketones is 2. The van der Waals surface area contributed by atoms with E-state index in [2.05, 4.69) is 5.32 Å². The standard InChI is InChI=1S/C18H21Cl2NO5/c1-10(16(23)11(2)22)17(24)21-15(18(25)26-3)6-4-5-12-7-8-13(19)14(20)9-12/h7-10,15H,4-6H2,1-3H3,(H,21,24). The van der Waals surface area contributed by atoms with Crippen molar-refractivity contribution in [2.75, 3.05) is 7.11 Å². The van der Waals surface area contributed by atoms with E-state index in [1.54, 1.807) is 12.1 Å². The molecule has 0 aliphatic carbocycles. The van der Waals surface area contributed by atoms with Crippen LogP contribution >= 0.6 is 23.2 Å². The molecule has 2 atom stereocenters. The molecule has 142 valence electrons. The molecule has 6 nitrogen and oxygen atoms in total. The highest BCUT2D eigenvalue weighted by atomic mass is 35.5. The van der Waals surface area contributed by atoms with E-state index in [4.69, 9.17) is 27.9 Å². The molecule has 0 heterocycles. The van der Waals surface area contributed by atoms with Gasteiger partial charge in [-0.25, -0.2) is 4.79 Å². The summed E-state index contributed by atoms with van der Waals surface area (Å²) in [5, 5.41) is 3.38. The number of hydrogen-bond acceptors (Lipinski definition) is 5. The third-order valence-electron chi connectivity index (χ3n) is 3.88. The van der Waals surface area contributed by atoms with Crippen LogP contribution in [0.15, 0.2) is 18.2 Å². The largest absolute Gasteiger partial charge is 0.467 e. The third kappa shape index (κ3) is 6.42. The van der Waals surface area contributed by atoms with Gasteiger partial charge in [0.1, 0.15) is 12.0 Å². The smallest absolute Gasteiger partial charge is 0.328 e. The predicted molar refractivity (Wildman–Crippen MR) is 98.2 cm³/mol. The summed E-state index contributed by atoms with van der Waals surface area (Å²) < 4.78 is 4.69. The number of methoxy groups -OCH3 is 1. The molecule has 0 aromatic heterocycles. The van der Waals surface area contributed by atoms with Crippen LogP contribution in [0.5, 0.6) is 0 Å². The van der Waals surface area contributed by atoms with Crippen molar-refractivity contribution in [1.82, 2.24) is 5.32 Å². The molecule has 0 aliphatic heterocycles. The minimum absolute atomic E-state index is 0.305. The van der Waals surface area contributed by atoms with Crippen LogP contribution in [0.2, 0.25) is 10.0 Å². The Hall–Kier alpha value is -1.92. The summed E-state index contributed by atoms with van der Waals surface area (Å²) in [4.78, 5) is 46.7. The molecule has 1 amide bonds. The van der Waals surface area contributed by atoms with Crippen LogP contribution in [0.1, 0.15) is 32.3 Å². The lowest BCUT2D eigenvalue weighted by atomic mass is 10.0. The Bertz CT molecular complexity index is 705. The molecule has 0 saturated heterocycles. The first-order valence-corrected chi connectivity index (χ1v) is 8.79. The van der Waals surface area contributed by atoms with Gasteiger partial charge in [-0.1, -0.05) is 29.3 Å². The summed E-state index contributed by atoms with van der Waals surface area (Å²) in [6, 6.07) is 4.35. The summed E-state index contributed by atoms with van der Waals surface area (Å²) in [5.74, 6) is -3.97. The molecular weight excluding hydrogens is 381 g/mol. The highest BCUT2D eigenvalue weighted by Crippen LogP contribution is 2.23. The molecule has 0 fully saturated rings. The number of aryl methyl sites for hydroxylation is 1. The first-order chi connectivity index (χ1) is 12.2. The molecule has 0 saturated carbocycles. The zero-order valence-corrected chi connectivity index (χ0v) is 16.3. The fourth-order valence-electron chi connectivity index (χ4n) is 2.32. The molecular formula is C18H21Cl2NO5. The molecule has 1 aromatic rings. The van der Waals surface area contributed by atoms with Crippen molar-refractivity contribution in [1.29, 1.82) is 0 Å². The normalized spacial score (nSPS) is 12.8. The Morgan fingerprint density at radius 1 is 1.15 bits per heavy atom. The SMILES string of the molecule is COC(=O)C(CCCc1ccc(Cl)c(Cl)c1)NC(=O)C(C)C(=O)C(C)=O. The van der Waals surface area contributed by atoms with E-state index in [1.807, 2.05) is 6.07 Å². The summed E-state index contributed by atoms with van der Waals surface area (Å²) in [7, 11) is 1.21. The second-order valence-corrected chi connectivity index (χ2v) is 6.68. The van der Waals surface area contributed by atoms with Crippen molar-refractivity contribution in [2.24, 2.45) is 5.92 Å². The number of Topliss-reactive ketones (excluding diaryl/α,β-unsaturated/α-hetero) is 2. The van der Waals surface area contributed by atoms with Gasteiger partial charge in [0.15, 0.2) is 5.78 Å². The number of carbonyl (C=O) groups excluding carboxylic acids is 4. The number of carbonyl (C=O) groups is 4. The lowest BCUT2D eigenvalue weighted by Gasteiger charge is -2.18. The van der Waals surface area contributed by atoms with E-state index < -0.39 is 35.4 Å². The summed E-state index contributed by atoms with van der Waals surface area (Å²) >= 11 is 11.8. The minimum atomic E-state index is -1.16. The van der Waals surface area contributed by atoms with Crippen LogP contribution in [-0.2, 0) is 30.3 Å². The van der Waals surface area contributed by atoms with Gasteiger partial charge in [0.2, 0.25) is 11.7 Å². The molecule has 1 N–H and O–H groups in total. The van der Waals surface area contributed by atoms with Crippen molar-refractivity contribution < 1.29 is 23.9 Å². The van der Waals surface area contributed by atoms with Gasteiger partial charge in [-0.15, -0.1) is 0 Å². The maximum atomic E-state index is 12.1. The van der Waals surface area contributed by atoms with Crippen molar-refractivity contribution in [3.05, 3.63) is 33.8 Å². The molecule has 1 aromatic carbocycles. The number of ether oxygens (including phenoxy) is 1. The van der Waals surface area contributed by atoms with Gasteiger partial charge in [-0.2, -0.15) is 0 Å². The minimum Gasteiger partial charge on any atom is -0.467 e. The van der Waals surface area contributed by atoms with E-state index >= 15 is 0 Å². The number of halogens is 2. The fraction of sp³-hybridized carbons (Fsp3) is 0.444. The quantitative estimate of drug-likeness (QED) is 0.390. The maximum Gasteiger partial charge on any atom is 0.328 e. The molecule has 0 radical (unpaired) electrons. The van der Waals surface area contributed by atoms with Crippen molar-refractivity contribution in [3.8, 4) is 0 Å². The van der Waals surface area contributed by atoms with Crippen molar-refractivity contribution in [3.63, 3.8) is 0 Å². The van der Waals surface area contributed by atoms with E-state index in [0.717, 1.165) is 12.5 Å². The van der Waals surface area contributed by atoms with E-state index in [9.17, 15) is 19.2 Å². The van der Waals surface area contributed by atoms with Crippen LogP contribution in [-0.4, -0.2) is 36.6 Å². The van der Waals surface area contributed by atoms with E-state index in [0.29, 0.717) is 29.3 Å². The number of esters is 1. The fourth-order valence-corrected chi connectivity index (χ4v) is 2.64. The molecule has 2 unspecified atom stereocenters. The van der Waals surface area contributed by atoms with Crippen LogP contribution < -0.4 is 5.32 Å². The first kappa shape index (κ1) is 22.1. The molecule has 1 rings (SSSR count). The maximum absolute atomic E-state index is 12.1. The lowest BCUT2D eigenvalue weighted by molar-refractivity contribution is -0.147. The van der Waals surface area contributed by atoms with Gasteiger partial charge in [0.05, 0.1) is 17.2 Å². The van der Waals surface area contributed by atoms with Gasteiger partial charge in [0, 0.05) is 6.92 Å². The topological polar surface area (TPSA) is 89.5 Å². The van der Waals surface area contributed by atoms with E-state index in [1.165, 1.54) is 14.0 Å². The number of amides is 1. The Labute approximate surface area is 162 Å². The van der Waals surface area contributed by atoms with Crippen LogP contribution in [0, 0.1) is 5.92 Å². The number of benzene rings is 1. The van der Waals surface area contributed by atoms with Gasteiger partial charge in [0.25, 0.3) is 0 Å². The first-order valence-electron chi connectivity index (χ1n) is 8.04. The number of nitrogens with one attached hydrogen (secondary N) is 1. The molecule has 26 heavy (non-hydrogen) atoms. The Morgan fingerprint density at radius 3 is 2.35 bits per heavy atom. The average molecular weight is 402 g/mol. The molecule has 0 spiro atoms. The second-order valence-electron chi connectivity index (χ2n) is 5.87. The summed E-state index contributed by atoms with van der Waals surface area (Å²) in [5.41, 5.74) is 0.939. The number of hydrogen-bond donors (Lipinski definition) is 1. The van der Waals surface area contributed by atoms with Crippen LogP contribution in [0.25, 0.3) is 0 Å². The highest BCUT2D eigenvalue weighted by molar-refractivity contribution is 6.42. The molecule has 0 aliphatic rings. The zero-order chi connectivity index (χ0) is 19.9. The lowest BCUT2D eigenvalue weighted by Crippen LogP contribution is -2.46. The predicted octanol–water partition coefficient (Wildman–Crippen LogP) is 2.77. The summed E-state index contributed by atoms with van der Waals surface area (Å²) in [6.45, 7) is 2.42. The monoisotopic (exact) mass is 401 g/mol. The van der Waals surface area contributed by atoms with Gasteiger partial charge in [-0.3, -0.25) is 14.4 Å². The van der Waals surface area contributed by atoms with Gasteiger partial charge in [-0.05, 0) is 43.9 Å². The summed E-state index contributed by atoms with van der Waals surface area (Å²) in [6.07, 6.45) is 1.48. The van der Waals surface area contributed by atoms with Crippen LogP contribution in [0.4, 0.5) is 0 Å². The molecule has 8 heteroatoms.